The fraction of sp³-hybridized carbons (Fsp3) is 0.500. The molecule has 0 spiro atoms. The van der Waals surface area contributed by atoms with Gasteiger partial charge in [-0.1, -0.05) is 25.0 Å². The minimum atomic E-state index is -0.0713. The number of aryl methyl sites for hydroxylation is 1. The molecule has 2 saturated heterocycles. The number of piperazine rings is 1. The van der Waals surface area contributed by atoms with Gasteiger partial charge in [-0.3, -0.25) is 14.5 Å². The van der Waals surface area contributed by atoms with Crippen molar-refractivity contribution in [1.29, 1.82) is 0 Å². The third-order valence-electron chi connectivity index (χ3n) is 11.3. The monoisotopic (exact) mass is 691 g/mol. The summed E-state index contributed by atoms with van der Waals surface area (Å²) in [6, 6.07) is 20.3. The fourth-order valence-electron chi connectivity index (χ4n) is 8.29. The van der Waals surface area contributed by atoms with Crippen LogP contribution >= 0.6 is 0 Å². The predicted octanol–water partition coefficient (Wildman–Crippen LogP) is 5.53. The number of nitrogens with one attached hydrogen (secondary N) is 2. The zero-order valence-corrected chi connectivity index (χ0v) is 30.3. The molecule has 51 heavy (non-hydrogen) atoms. The van der Waals surface area contributed by atoms with Crippen molar-refractivity contribution in [3.05, 3.63) is 72.1 Å². The lowest BCUT2D eigenvalue weighted by molar-refractivity contribution is -0.120. The maximum absolute atomic E-state index is 11.6. The number of hydrogen-bond acceptors (Lipinski definition) is 8. The molecular weight excluding hydrogens is 639 g/mol. The topological polar surface area (TPSA) is 102 Å². The van der Waals surface area contributed by atoms with E-state index in [1.165, 1.54) is 55.5 Å². The third kappa shape index (κ3) is 8.37. The van der Waals surface area contributed by atoms with E-state index in [1.54, 1.807) is 11.9 Å². The molecule has 2 aromatic carbocycles. The number of nitrogens with zero attached hydrogens (tertiary/aromatic N) is 7. The van der Waals surface area contributed by atoms with Crippen LogP contribution in [0, 0.1) is 6.92 Å². The number of hydrogen-bond donors (Lipinski definition) is 2. The number of rotatable bonds is 13. The van der Waals surface area contributed by atoms with Crippen LogP contribution in [0.3, 0.4) is 0 Å². The summed E-state index contributed by atoms with van der Waals surface area (Å²) in [6.07, 6.45) is 11.6. The molecule has 11 nitrogen and oxygen atoms in total. The Morgan fingerprint density at radius 1 is 0.922 bits per heavy atom. The van der Waals surface area contributed by atoms with Crippen molar-refractivity contribution in [3.8, 4) is 0 Å². The molecule has 0 radical (unpaired) electrons. The fourth-order valence-corrected chi connectivity index (χ4v) is 8.29. The van der Waals surface area contributed by atoms with Crippen molar-refractivity contribution in [2.75, 3.05) is 74.5 Å². The quantitative estimate of drug-likeness (QED) is 0.177. The zero-order valence-electron chi connectivity index (χ0n) is 30.3. The normalized spacial score (nSPS) is 18.0. The second-order valence-corrected chi connectivity index (χ2v) is 14.5. The first-order chi connectivity index (χ1) is 25.0. The van der Waals surface area contributed by atoms with Gasteiger partial charge < -0.3 is 29.9 Å². The van der Waals surface area contributed by atoms with Crippen molar-refractivity contribution in [2.45, 2.75) is 70.4 Å². The third-order valence-corrected chi connectivity index (χ3v) is 11.3. The Morgan fingerprint density at radius 2 is 1.65 bits per heavy atom. The van der Waals surface area contributed by atoms with Crippen molar-refractivity contribution in [2.24, 2.45) is 0 Å². The summed E-state index contributed by atoms with van der Waals surface area (Å²) in [5.41, 5.74) is 6.70. The molecule has 2 aliphatic heterocycles. The van der Waals surface area contributed by atoms with E-state index in [0.717, 1.165) is 81.1 Å². The number of piperidine rings is 1. The molecule has 2 N–H and O–H groups in total. The number of likely N-dealkylation sites (tertiary alicyclic amines) is 1. The van der Waals surface area contributed by atoms with Gasteiger partial charge in [-0.25, -0.2) is 4.98 Å². The Morgan fingerprint density at radius 3 is 2.33 bits per heavy atom. The second kappa shape index (κ2) is 16.2. The highest BCUT2D eigenvalue weighted by Crippen LogP contribution is 2.34. The minimum absolute atomic E-state index is 0.0713. The van der Waals surface area contributed by atoms with Gasteiger partial charge in [-0.2, -0.15) is 4.98 Å². The standard InChI is InChI=1S/C40H53N9O2/c1-30-27-32-28-42-40(44-39(32)49(30)37-5-3-4-6-37)43-33-9-7-31(8-10-33)15-19-45-20-16-36(17-21-45)47-25-23-46(24-26-47)34-11-13-35(14-12-34)48(29-50)22-18-38(51)41-2/h7-14,27-29,36-37H,3-6,15-26H2,1-2H3,(H,41,51)(H,42,43,44). The molecule has 3 fully saturated rings. The van der Waals surface area contributed by atoms with Crippen LogP contribution in [0.15, 0.2) is 60.8 Å². The Hall–Kier alpha value is -4.48. The van der Waals surface area contributed by atoms with Crippen LogP contribution in [0.2, 0.25) is 0 Å². The van der Waals surface area contributed by atoms with Crippen LogP contribution in [0.25, 0.3) is 11.0 Å². The molecule has 2 aromatic heterocycles. The Balaban J connectivity index is 0.832. The summed E-state index contributed by atoms with van der Waals surface area (Å²) in [7, 11) is 1.61. The van der Waals surface area contributed by atoms with E-state index in [2.05, 4.69) is 84.3 Å². The molecule has 1 aliphatic carbocycles. The first kappa shape index (κ1) is 34.9. The van der Waals surface area contributed by atoms with E-state index in [1.807, 2.05) is 18.3 Å². The number of carbonyl (C=O) groups is 2. The number of carbonyl (C=O) groups excluding carboxylic acids is 2. The molecule has 4 heterocycles. The lowest BCUT2D eigenvalue weighted by atomic mass is 10.0. The summed E-state index contributed by atoms with van der Waals surface area (Å²) in [4.78, 5) is 42.1. The van der Waals surface area contributed by atoms with Gasteiger partial charge in [0.15, 0.2) is 0 Å². The van der Waals surface area contributed by atoms with E-state index in [-0.39, 0.29) is 12.3 Å². The average Bonchev–Trinajstić information content (AvgIpc) is 3.82. The van der Waals surface area contributed by atoms with Crippen LogP contribution in [-0.2, 0) is 16.0 Å². The summed E-state index contributed by atoms with van der Waals surface area (Å²) < 4.78 is 2.43. The maximum atomic E-state index is 11.6. The average molecular weight is 692 g/mol. The largest absolute Gasteiger partial charge is 0.369 e. The molecule has 270 valence electrons. The van der Waals surface area contributed by atoms with Crippen molar-refractivity contribution < 1.29 is 9.59 Å². The van der Waals surface area contributed by atoms with Crippen molar-refractivity contribution in [1.82, 2.24) is 29.7 Å². The van der Waals surface area contributed by atoms with Crippen LogP contribution in [0.5, 0.6) is 0 Å². The van der Waals surface area contributed by atoms with E-state index in [4.69, 9.17) is 4.98 Å². The smallest absolute Gasteiger partial charge is 0.229 e. The van der Waals surface area contributed by atoms with Gasteiger partial charge in [0.25, 0.3) is 0 Å². The SMILES string of the molecule is CNC(=O)CCN(C=O)c1ccc(N2CCN(C3CCN(CCc4ccc(Nc5ncc6cc(C)n(C7CCCC7)c6n5)cc4)CC3)CC2)cc1. The number of amides is 2. The van der Waals surface area contributed by atoms with Crippen molar-refractivity contribution >= 4 is 46.4 Å². The van der Waals surface area contributed by atoms with Gasteiger partial charge in [0, 0.05) is 99.2 Å². The van der Waals surface area contributed by atoms with Crippen molar-refractivity contribution in [3.63, 3.8) is 0 Å². The van der Waals surface area contributed by atoms with Gasteiger partial charge in [-0.05, 0) is 100 Å². The number of benzene rings is 2. The van der Waals surface area contributed by atoms with Crippen LogP contribution in [0.4, 0.5) is 23.0 Å². The molecular formula is C40H53N9O2. The van der Waals surface area contributed by atoms with Crippen LogP contribution in [0.1, 0.15) is 62.2 Å². The molecule has 3 aliphatic rings. The highest BCUT2D eigenvalue weighted by molar-refractivity contribution is 5.80. The molecule has 4 aromatic rings. The Bertz CT molecular complexity index is 1750. The van der Waals surface area contributed by atoms with Crippen LogP contribution < -0.4 is 20.4 Å². The lowest BCUT2D eigenvalue weighted by Gasteiger charge is -2.43. The van der Waals surface area contributed by atoms with Gasteiger partial charge in [0.2, 0.25) is 18.3 Å². The van der Waals surface area contributed by atoms with E-state index >= 15 is 0 Å². The summed E-state index contributed by atoms with van der Waals surface area (Å²) in [5, 5.41) is 7.17. The first-order valence-corrected chi connectivity index (χ1v) is 18.9. The molecule has 0 unspecified atom stereocenters. The van der Waals surface area contributed by atoms with Gasteiger partial charge >= 0.3 is 0 Å². The molecule has 0 bridgehead atoms. The lowest BCUT2D eigenvalue weighted by Crippen LogP contribution is -2.53. The Kier molecular flexibility index (Phi) is 11.1. The number of fused-ring (bicyclic) bond motifs is 1. The number of aromatic nitrogens is 3. The number of anilines is 4. The van der Waals surface area contributed by atoms with Gasteiger partial charge in [0.1, 0.15) is 5.65 Å². The zero-order chi connectivity index (χ0) is 35.2. The second-order valence-electron chi connectivity index (χ2n) is 14.5. The molecule has 0 atom stereocenters. The predicted molar refractivity (Wildman–Crippen MR) is 205 cm³/mol. The van der Waals surface area contributed by atoms with Crippen LogP contribution in [-0.4, -0.2) is 102 Å². The Labute approximate surface area is 302 Å². The molecule has 7 rings (SSSR count). The molecule has 11 heteroatoms. The first-order valence-electron chi connectivity index (χ1n) is 18.9. The van der Waals surface area contributed by atoms with Gasteiger partial charge in [0.05, 0.1) is 0 Å². The molecule has 1 saturated carbocycles. The minimum Gasteiger partial charge on any atom is -0.369 e. The van der Waals surface area contributed by atoms with Gasteiger partial charge in [-0.15, -0.1) is 0 Å². The highest BCUT2D eigenvalue weighted by atomic mass is 16.2. The maximum Gasteiger partial charge on any atom is 0.229 e. The summed E-state index contributed by atoms with van der Waals surface area (Å²) in [5.74, 6) is 0.586. The summed E-state index contributed by atoms with van der Waals surface area (Å²) >= 11 is 0. The van der Waals surface area contributed by atoms with E-state index in [0.29, 0.717) is 24.6 Å². The van der Waals surface area contributed by atoms with E-state index in [9.17, 15) is 9.59 Å². The highest BCUT2D eigenvalue weighted by Gasteiger charge is 2.28. The summed E-state index contributed by atoms with van der Waals surface area (Å²) in [6.45, 7) is 10.1. The molecule has 2 amide bonds. The van der Waals surface area contributed by atoms with E-state index < -0.39 is 0 Å².